The van der Waals surface area contributed by atoms with Gasteiger partial charge in [0.05, 0.1) is 0 Å². The van der Waals surface area contributed by atoms with Gasteiger partial charge in [0.25, 0.3) is 0 Å². The minimum Gasteiger partial charge on any atom is -0.384 e. The van der Waals surface area contributed by atoms with Crippen LogP contribution >= 0.6 is 11.3 Å². The largest absolute Gasteiger partial charge is 0.384 e. The summed E-state index contributed by atoms with van der Waals surface area (Å²) in [4.78, 5) is 6.27. The van der Waals surface area contributed by atoms with E-state index in [1.807, 2.05) is 0 Å². The van der Waals surface area contributed by atoms with Gasteiger partial charge in [0, 0.05) is 35.5 Å². The molecule has 4 heteroatoms. The molecule has 3 nitrogen and oxygen atoms in total. The topological polar surface area (TPSA) is 26.7 Å². The zero-order valence-corrected chi connectivity index (χ0v) is 11.7. The Kier molecular flexibility index (Phi) is 5.21. The SMILES string of the molecule is CN1CCCN(Cc2cc(C#CCO)cs2)CC1. The Bertz CT molecular complexity index is 432. The number of aliphatic hydroxyl groups excluding tert-OH is 1. The smallest absolute Gasteiger partial charge is 0.104 e. The summed E-state index contributed by atoms with van der Waals surface area (Å²) in [5.41, 5.74) is 1.02. The minimum absolute atomic E-state index is 0.0658. The summed E-state index contributed by atoms with van der Waals surface area (Å²) in [5, 5.41) is 10.7. The fraction of sp³-hybridized carbons (Fsp3) is 0.571. The summed E-state index contributed by atoms with van der Waals surface area (Å²) in [5.74, 6) is 5.64. The molecule has 0 atom stereocenters. The molecular weight excluding hydrogens is 244 g/mol. The summed E-state index contributed by atoms with van der Waals surface area (Å²) in [7, 11) is 2.19. The van der Waals surface area contributed by atoms with Crippen molar-refractivity contribution in [1.29, 1.82) is 0 Å². The summed E-state index contributed by atoms with van der Waals surface area (Å²) in [6.45, 7) is 5.64. The molecule has 0 unspecified atom stereocenters. The standard InChI is InChI=1S/C14H20N2OS/c1-15-5-3-6-16(8-7-15)11-14-10-13(12-18-14)4-2-9-17/h10,12,17H,3,5-9,11H2,1H3. The van der Waals surface area contributed by atoms with Crippen LogP contribution in [0.1, 0.15) is 16.9 Å². The fourth-order valence-electron chi connectivity index (χ4n) is 2.15. The number of hydrogen-bond acceptors (Lipinski definition) is 4. The van der Waals surface area contributed by atoms with Crippen LogP contribution in [0, 0.1) is 11.8 Å². The van der Waals surface area contributed by atoms with Crippen LogP contribution in [0.5, 0.6) is 0 Å². The van der Waals surface area contributed by atoms with E-state index in [1.54, 1.807) is 11.3 Å². The van der Waals surface area contributed by atoms with Gasteiger partial charge in [0.1, 0.15) is 6.61 Å². The van der Waals surface area contributed by atoms with Gasteiger partial charge in [-0.3, -0.25) is 4.90 Å². The molecule has 0 radical (unpaired) electrons. The predicted octanol–water partition coefficient (Wildman–Crippen LogP) is 1.23. The molecule has 1 fully saturated rings. The Balaban J connectivity index is 1.90. The van der Waals surface area contributed by atoms with Gasteiger partial charge in [-0.05, 0) is 32.6 Å². The van der Waals surface area contributed by atoms with Crippen LogP contribution in [-0.4, -0.2) is 54.7 Å². The van der Waals surface area contributed by atoms with Gasteiger partial charge in [-0.2, -0.15) is 0 Å². The summed E-state index contributed by atoms with van der Waals surface area (Å²) < 4.78 is 0. The van der Waals surface area contributed by atoms with Gasteiger partial charge in [0.15, 0.2) is 0 Å². The first kappa shape index (κ1) is 13.6. The quantitative estimate of drug-likeness (QED) is 0.814. The highest BCUT2D eigenvalue weighted by Crippen LogP contribution is 2.17. The Labute approximate surface area is 113 Å². The molecule has 1 aromatic rings. The number of nitrogens with zero attached hydrogens (tertiary/aromatic N) is 2. The molecule has 0 aliphatic carbocycles. The van der Waals surface area contributed by atoms with Crippen LogP contribution < -0.4 is 0 Å². The Morgan fingerprint density at radius 3 is 3.06 bits per heavy atom. The van der Waals surface area contributed by atoms with E-state index in [0.29, 0.717) is 0 Å². The molecule has 98 valence electrons. The third-order valence-corrected chi connectivity index (χ3v) is 4.08. The van der Waals surface area contributed by atoms with Crippen molar-refractivity contribution in [3.05, 3.63) is 21.9 Å². The van der Waals surface area contributed by atoms with Gasteiger partial charge >= 0.3 is 0 Å². The number of aliphatic hydroxyl groups is 1. The second kappa shape index (κ2) is 6.91. The first-order valence-corrected chi connectivity index (χ1v) is 7.24. The maximum Gasteiger partial charge on any atom is 0.104 e. The highest BCUT2D eigenvalue weighted by molar-refractivity contribution is 7.10. The molecule has 2 rings (SSSR count). The molecule has 1 aromatic heterocycles. The first-order chi connectivity index (χ1) is 8.78. The maximum atomic E-state index is 8.67. The molecule has 18 heavy (non-hydrogen) atoms. The van der Waals surface area contributed by atoms with Gasteiger partial charge in [-0.1, -0.05) is 11.8 Å². The van der Waals surface area contributed by atoms with E-state index in [4.69, 9.17) is 5.11 Å². The van der Waals surface area contributed by atoms with Crippen LogP contribution in [0.2, 0.25) is 0 Å². The third kappa shape index (κ3) is 4.11. The molecule has 1 aliphatic heterocycles. The lowest BCUT2D eigenvalue weighted by atomic mass is 10.3. The number of likely N-dealkylation sites (N-methyl/N-ethyl adjacent to an activating group) is 1. The molecule has 1 saturated heterocycles. The lowest BCUT2D eigenvalue weighted by Gasteiger charge is -2.18. The number of rotatable bonds is 2. The van der Waals surface area contributed by atoms with Crippen molar-refractivity contribution in [2.45, 2.75) is 13.0 Å². The fourth-order valence-corrected chi connectivity index (χ4v) is 3.01. The third-order valence-electron chi connectivity index (χ3n) is 3.16. The van der Waals surface area contributed by atoms with Crippen LogP contribution in [0.15, 0.2) is 11.4 Å². The van der Waals surface area contributed by atoms with Crippen molar-refractivity contribution in [2.24, 2.45) is 0 Å². The highest BCUT2D eigenvalue weighted by atomic mass is 32.1. The Hall–Kier alpha value is -0.860. The van der Waals surface area contributed by atoms with Crippen molar-refractivity contribution in [3.63, 3.8) is 0 Å². The van der Waals surface area contributed by atoms with Crippen LogP contribution in [-0.2, 0) is 6.54 Å². The van der Waals surface area contributed by atoms with Gasteiger partial charge < -0.3 is 10.0 Å². The normalized spacial score (nSPS) is 18.1. The van der Waals surface area contributed by atoms with Crippen molar-refractivity contribution in [1.82, 2.24) is 9.80 Å². The predicted molar refractivity (Wildman–Crippen MR) is 75.7 cm³/mol. The molecular formula is C14H20N2OS. The average Bonchev–Trinajstić information content (AvgIpc) is 2.70. The summed E-state index contributed by atoms with van der Waals surface area (Å²) in [6.07, 6.45) is 1.25. The van der Waals surface area contributed by atoms with Crippen molar-refractivity contribution in [3.8, 4) is 11.8 Å². The Morgan fingerprint density at radius 2 is 2.22 bits per heavy atom. The number of thiophene rings is 1. The van der Waals surface area contributed by atoms with Crippen LogP contribution in [0.4, 0.5) is 0 Å². The molecule has 1 aliphatic rings. The zero-order valence-electron chi connectivity index (χ0n) is 10.9. The van der Waals surface area contributed by atoms with Gasteiger partial charge in [-0.15, -0.1) is 11.3 Å². The second-order valence-electron chi connectivity index (χ2n) is 4.69. The zero-order chi connectivity index (χ0) is 12.8. The van der Waals surface area contributed by atoms with E-state index in [9.17, 15) is 0 Å². The maximum absolute atomic E-state index is 8.67. The van der Waals surface area contributed by atoms with Crippen molar-refractivity contribution in [2.75, 3.05) is 39.8 Å². The molecule has 0 spiro atoms. The lowest BCUT2D eigenvalue weighted by Crippen LogP contribution is -2.28. The van der Waals surface area contributed by atoms with E-state index < -0.39 is 0 Å². The molecule has 1 N–H and O–H groups in total. The monoisotopic (exact) mass is 264 g/mol. The van der Waals surface area contributed by atoms with E-state index in [0.717, 1.165) is 25.2 Å². The highest BCUT2D eigenvalue weighted by Gasteiger charge is 2.12. The molecule has 0 aromatic carbocycles. The summed E-state index contributed by atoms with van der Waals surface area (Å²) >= 11 is 1.76. The van der Waals surface area contributed by atoms with E-state index in [1.165, 1.54) is 24.4 Å². The van der Waals surface area contributed by atoms with Crippen LogP contribution in [0.25, 0.3) is 0 Å². The molecule has 0 saturated carbocycles. The second-order valence-corrected chi connectivity index (χ2v) is 5.69. The van der Waals surface area contributed by atoms with E-state index in [2.05, 4.69) is 40.1 Å². The lowest BCUT2D eigenvalue weighted by molar-refractivity contribution is 0.271. The Morgan fingerprint density at radius 1 is 1.33 bits per heavy atom. The van der Waals surface area contributed by atoms with Gasteiger partial charge in [-0.25, -0.2) is 0 Å². The molecule has 0 amide bonds. The number of hydrogen-bond donors (Lipinski definition) is 1. The van der Waals surface area contributed by atoms with E-state index in [-0.39, 0.29) is 6.61 Å². The summed E-state index contributed by atoms with van der Waals surface area (Å²) in [6, 6.07) is 2.14. The first-order valence-electron chi connectivity index (χ1n) is 6.36. The average molecular weight is 264 g/mol. The van der Waals surface area contributed by atoms with Crippen molar-refractivity contribution >= 4 is 11.3 Å². The van der Waals surface area contributed by atoms with E-state index >= 15 is 0 Å². The molecule has 0 bridgehead atoms. The van der Waals surface area contributed by atoms with Crippen molar-refractivity contribution < 1.29 is 5.11 Å². The molecule has 2 heterocycles. The van der Waals surface area contributed by atoms with Gasteiger partial charge in [0.2, 0.25) is 0 Å². The minimum atomic E-state index is -0.0658. The van der Waals surface area contributed by atoms with Crippen LogP contribution in [0.3, 0.4) is 0 Å².